The zero-order chi connectivity index (χ0) is 18.6. The standard InChI is InChI=1S/C17H23N5O3/c1-9(15(19)23)21-16(24)10(2)22-17(25)13(18)7-11-8-20-14-6-4-3-5-12(11)14/h3-6,8-10,13,20H,7,18H2,1-2H3,(H2,19,23)(H,21,24)(H,22,25)/t9-,10-,13-/m0/s1. The molecular weight excluding hydrogens is 322 g/mol. The summed E-state index contributed by atoms with van der Waals surface area (Å²) in [6.07, 6.45) is 2.16. The molecule has 0 aliphatic carbocycles. The first-order valence-corrected chi connectivity index (χ1v) is 8.00. The molecule has 3 atom stereocenters. The molecule has 0 unspecified atom stereocenters. The average Bonchev–Trinajstić information content (AvgIpc) is 2.97. The van der Waals surface area contributed by atoms with Gasteiger partial charge in [-0.25, -0.2) is 0 Å². The Balaban J connectivity index is 1.93. The van der Waals surface area contributed by atoms with Crippen LogP contribution in [-0.2, 0) is 20.8 Å². The van der Waals surface area contributed by atoms with E-state index in [4.69, 9.17) is 11.5 Å². The molecule has 134 valence electrons. The fourth-order valence-corrected chi connectivity index (χ4v) is 2.43. The molecule has 8 nitrogen and oxygen atoms in total. The summed E-state index contributed by atoms with van der Waals surface area (Å²) in [5.41, 5.74) is 13.0. The maximum atomic E-state index is 12.2. The van der Waals surface area contributed by atoms with Crippen LogP contribution < -0.4 is 22.1 Å². The molecular formula is C17H23N5O3. The van der Waals surface area contributed by atoms with E-state index in [2.05, 4.69) is 15.6 Å². The summed E-state index contributed by atoms with van der Waals surface area (Å²) >= 11 is 0. The van der Waals surface area contributed by atoms with Gasteiger partial charge in [-0.3, -0.25) is 14.4 Å². The van der Waals surface area contributed by atoms with Crippen LogP contribution in [0.2, 0.25) is 0 Å². The number of nitrogens with one attached hydrogen (secondary N) is 3. The van der Waals surface area contributed by atoms with Crippen LogP contribution >= 0.6 is 0 Å². The van der Waals surface area contributed by atoms with Crippen LogP contribution in [0.4, 0.5) is 0 Å². The molecule has 25 heavy (non-hydrogen) atoms. The second-order valence-electron chi connectivity index (χ2n) is 6.03. The van der Waals surface area contributed by atoms with E-state index in [0.29, 0.717) is 6.42 Å². The summed E-state index contributed by atoms with van der Waals surface area (Å²) in [5, 5.41) is 5.97. The lowest BCUT2D eigenvalue weighted by atomic mass is 10.0. The topological polar surface area (TPSA) is 143 Å². The Kier molecular flexibility index (Phi) is 5.76. The van der Waals surface area contributed by atoms with E-state index in [1.807, 2.05) is 30.5 Å². The van der Waals surface area contributed by atoms with Crippen LogP contribution in [0, 0.1) is 0 Å². The van der Waals surface area contributed by atoms with Crippen molar-refractivity contribution in [1.29, 1.82) is 0 Å². The summed E-state index contributed by atoms with van der Waals surface area (Å²) in [5.74, 6) is -1.60. The minimum atomic E-state index is -0.830. The molecule has 7 N–H and O–H groups in total. The number of carbonyl (C=O) groups excluding carboxylic acids is 3. The van der Waals surface area contributed by atoms with E-state index in [1.165, 1.54) is 13.8 Å². The van der Waals surface area contributed by atoms with Gasteiger partial charge < -0.3 is 27.1 Å². The lowest BCUT2D eigenvalue weighted by Gasteiger charge is -2.19. The van der Waals surface area contributed by atoms with Crippen LogP contribution in [0.25, 0.3) is 10.9 Å². The SMILES string of the molecule is C[C@H](NC(=O)[C@H](C)NC(=O)[C@@H](N)Cc1c[nH]c2ccccc12)C(N)=O. The molecule has 0 aliphatic heterocycles. The Hall–Kier alpha value is -2.87. The van der Waals surface area contributed by atoms with Crippen molar-refractivity contribution in [2.45, 2.75) is 38.4 Å². The first-order chi connectivity index (χ1) is 11.8. The highest BCUT2D eigenvalue weighted by Crippen LogP contribution is 2.18. The Morgan fingerprint density at radius 3 is 2.40 bits per heavy atom. The number of amides is 3. The zero-order valence-electron chi connectivity index (χ0n) is 14.2. The number of nitrogens with two attached hydrogens (primary N) is 2. The summed E-state index contributed by atoms with van der Waals surface area (Å²) < 4.78 is 0. The van der Waals surface area contributed by atoms with Crippen LogP contribution in [0.5, 0.6) is 0 Å². The van der Waals surface area contributed by atoms with E-state index in [-0.39, 0.29) is 0 Å². The number of H-pyrrole nitrogens is 1. The summed E-state index contributed by atoms with van der Waals surface area (Å²) in [6, 6.07) is 5.28. The third-order valence-corrected chi connectivity index (χ3v) is 3.99. The van der Waals surface area contributed by atoms with E-state index in [1.54, 1.807) is 0 Å². The van der Waals surface area contributed by atoms with Crippen molar-refractivity contribution in [2.24, 2.45) is 11.5 Å². The van der Waals surface area contributed by atoms with E-state index >= 15 is 0 Å². The van der Waals surface area contributed by atoms with Gasteiger partial charge in [0.15, 0.2) is 0 Å². The summed E-state index contributed by atoms with van der Waals surface area (Å²) in [7, 11) is 0. The maximum absolute atomic E-state index is 12.2. The molecule has 2 aromatic rings. The Morgan fingerprint density at radius 2 is 1.72 bits per heavy atom. The second-order valence-corrected chi connectivity index (χ2v) is 6.03. The summed E-state index contributed by atoms with van der Waals surface area (Å²) in [6.45, 7) is 2.98. The van der Waals surface area contributed by atoms with Crippen molar-refractivity contribution in [3.05, 3.63) is 36.0 Å². The molecule has 2 rings (SSSR count). The van der Waals surface area contributed by atoms with Gasteiger partial charge >= 0.3 is 0 Å². The number of aromatic amines is 1. The van der Waals surface area contributed by atoms with Gasteiger partial charge in [0.25, 0.3) is 0 Å². The summed E-state index contributed by atoms with van der Waals surface area (Å²) in [4.78, 5) is 38.2. The maximum Gasteiger partial charge on any atom is 0.242 e. The molecule has 0 radical (unpaired) electrons. The predicted molar refractivity (Wildman–Crippen MR) is 94.4 cm³/mol. The smallest absolute Gasteiger partial charge is 0.242 e. The fraction of sp³-hybridized carbons (Fsp3) is 0.353. The lowest BCUT2D eigenvalue weighted by Crippen LogP contribution is -2.53. The van der Waals surface area contributed by atoms with Crippen LogP contribution in [-0.4, -0.2) is 40.8 Å². The molecule has 0 saturated heterocycles. The highest BCUT2D eigenvalue weighted by Gasteiger charge is 2.23. The molecule has 0 fully saturated rings. The molecule has 0 saturated carbocycles. The van der Waals surface area contributed by atoms with Gasteiger partial charge in [0.2, 0.25) is 17.7 Å². The van der Waals surface area contributed by atoms with Gasteiger partial charge in [-0.15, -0.1) is 0 Å². The molecule has 1 aromatic heterocycles. The third-order valence-electron chi connectivity index (χ3n) is 3.99. The molecule has 3 amide bonds. The third kappa shape index (κ3) is 4.57. The number of carbonyl (C=O) groups is 3. The number of aromatic nitrogens is 1. The Bertz CT molecular complexity index is 785. The van der Waals surface area contributed by atoms with Crippen molar-refractivity contribution < 1.29 is 14.4 Å². The normalized spacial score (nSPS) is 14.5. The van der Waals surface area contributed by atoms with Gasteiger partial charge in [0.1, 0.15) is 12.1 Å². The van der Waals surface area contributed by atoms with Crippen LogP contribution in [0.15, 0.2) is 30.5 Å². The van der Waals surface area contributed by atoms with Crippen LogP contribution in [0.1, 0.15) is 19.4 Å². The number of benzene rings is 1. The van der Waals surface area contributed by atoms with E-state index in [9.17, 15) is 14.4 Å². The quantitative estimate of drug-likeness (QED) is 0.462. The van der Waals surface area contributed by atoms with Crippen molar-refractivity contribution in [3.63, 3.8) is 0 Å². The van der Waals surface area contributed by atoms with Gasteiger partial charge in [0.05, 0.1) is 6.04 Å². The van der Waals surface area contributed by atoms with Crippen LogP contribution in [0.3, 0.4) is 0 Å². The van der Waals surface area contributed by atoms with Crippen molar-refractivity contribution in [1.82, 2.24) is 15.6 Å². The van der Waals surface area contributed by atoms with Crippen molar-refractivity contribution in [3.8, 4) is 0 Å². The highest BCUT2D eigenvalue weighted by molar-refractivity contribution is 5.92. The number of rotatable bonds is 7. The minimum absolute atomic E-state index is 0.335. The zero-order valence-corrected chi connectivity index (χ0v) is 14.2. The van der Waals surface area contributed by atoms with Gasteiger partial charge in [-0.1, -0.05) is 18.2 Å². The largest absolute Gasteiger partial charge is 0.368 e. The monoisotopic (exact) mass is 345 g/mol. The van der Waals surface area contributed by atoms with Gasteiger partial charge in [-0.2, -0.15) is 0 Å². The minimum Gasteiger partial charge on any atom is -0.368 e. The predicted octanol–water partition coefficient (Wildman–Crippen LogP) is -0.468. The van der Waals surface area contributed by atoms with Gasteiger partial charge in [-0.05, 0) is 31.9 Å². The highest BCUT2D eigenvalue weighted by atomic mass is 16.2. The Labute approximate surface area is 145 Å². The average molecular weight is 345 g/mol. The fourth-order valence-electron chi connectivity index (χ4n) is 2.43. The Morgan fingerprint density at radius 1 is 1.08 bits per heavy atom. The van der Waals surface area contributed by atoms with E-state index in [0.717, 1.165) is 16.5 Å². The molecule has 8 heteroatoms. The first kappa shape index (κ1) is 18.5. The number of para-hydroxylation sites is 1. The number of hydrogen-bond acceptors (Lipinski definition) is 4. The lowest BCUT2D eigenvalue weighted by molar-refractivity contribution is -0.131. The molecule has 1 aromatic carbocycles. The number of primary amides is 1. The van der Waals surface area contributed by atoms with Gasteiger partial charge in [0, 0.05) is 17.1 Å². The molecule has 1 heterocycles. The number of hydrogen-bond donors (Lipinski definition) is 5. The van der Waals surface area contributed by atoms with Crippen molar-refractivity contribution in [2.75, 3.05) is 0 Å². The molecule has 0 bridgehead atoms. The molecule has 0 aliphatic rings. The molecule has 0 spiro atoms. The van der Waals surface area contributed by atoms with E-state index < -0.39 is 35.8 Å². The number of fused-ring (bicyclic) bond motifs is 1. The second kappa shape index (κ2) is 7.80. The first-order valence-electron chi connectivity index (χ1n) is 8.00. The van der Waals surface area contributed by atoms with Crippen molar-refractivity contribution >= 4 is 28.6 Å².